The Morgan fingerprint density at radius 3 is 2.77 bits per heavy atom. The topological polar surface area (TPSA) is 58.2 Å². The lowest BCUT2D eigenvalue weighted by Gasteiger charge is -2.23. The molecule has 0 saturated carbocycles. The molecule has 0 radical (unpaired) electrons. The molecule has 0 aliphatic carbocycles. The first kappa shape index (κ1) is 14.9. The second-order valence-corrected chi connectivity index (χ2v) is 6.54. The molecule has 2 aromatic rings. The van der Waals surface area contributed by atoms with E-state index in [1.165, 1.54) is 11.8 Å². The first-order chi connectivity index (χ1) is 10.6. The van der Waals surface area contributed by atoms with Gasteiger partial charge in [-0.2, -0.15) is 0 Å². The van der Waals surface area contributed by atoms with E-state index in [2.05, 4.69) is 10.6 Å². The van der Waals surface area contributed by atoms with E-state index >= 15 is 0 Å². The minimum Gasteiger partial charge on any atom is -0.326 e. The van der Waals surface area contributed by atoms with Crippen molar-refractivity contribution in [2.24, 2.45) is 0 Å². The highest BCUT2D eigenvalue weighted by Gasteiger charge is 2.29. The average Bonchev–Trinajstić information content (AvgIpc) is 2.49. The van der Waals surface area contributed by atoms with E-state index in [9.17, 15) is 9.59 Å². The lowest BCUT2D eigenvalue weighted by atomic mass is 10.2. The molecular weight excluding hydrogens is 320 g/mol. The first-order valence-electron chi connectivity index (χ1n) is 6.74. The number of fused-ring (bicyclic) bond motifs is 1. The molecule has 0 spiro atoms. The van der Waals surface area contributed by atoms with Gasteiger partial charge in [-0.05, 0) is 30.3 Å². The molecule has 4 nitrogen and oxygen atoms in total. The fraction of sp³-hybridized carbons (Fsp3) is 0.125. The van der Waals surface area contributed by atoms with Gasteiger partial charge in [-0.25, -0.2) is 0 Å². The van der Waals surface area contributed by atoms with E-state index in [1.54, 1.807) is 12.1 Å². The van der Waals surface area contributed by atoms with Crippen LogP contribution < -0.4 is 10.6 Å². The summed E-state index contributed by atoms with van der Waals surface area (Å²) in [6.45, 7) is 0. The number of hydrogen-bond acceptors (Lipinski definition) is 3. The van der Waals surface area contributed by atoms with Gasteiger partial charge in [-0.15, -0.1) is 11.8 Å². The summed E-state index contributed by atoms with van der Waals surface area (Å²) in [6.07, 6.45) is 0.119. The second kappa shape index (κ2) is 6.42. The van der Waals surface area contributed by atoms with Crippen molar-refractivity contribution in [2.75, 3.05) is 10.6 Å². The summed E-state index contributed by atoms with van der Waals surface area (Å²) in [7, 11) is 0. The van der Waals surface area contributed by atoms with Crippen LogP contribution in [0.5, 0.6) is 0 Å². The number of halogens is 1. The van der Waals surface area contributed by atoms with Crippen LogP contribution in [-0.4, -0.2) is 17.1 Å². The fourth-order valence-electron chi connectivity index (χ4n) is 2.16. The molecule has 112 valence electrons. The van der Waals surface area contributed by atoms with E-state index < -0.39 is 5.25 Å². The summed E-state index contributed by atoms with van der Waals surface area (Å²) in [5, 5.41) is 5.71. The lowest BCUT2D eigenvalue weighted by Crippen LogP contribution is -2.32. The molecule has 1 atom stereocenters. The number of anilines is 2. The summed E-state index contributed by atoms with van der Waals surface area (Å²) in [6, 6.07) is 14.5. The van der Waals surface area contributed by atoms with Crippen LogP contribution in [0.25, 0.3) is 0 Å². The third-order valence-corrected chi connectivity index (χ3v) is 4.70. The van der Waals surface area contributed by atoms with Gasteiger partial charge in [0.15, 0.2) is 0 Å². The van der Waals surface area contributed by atoms with Gasteiger partial charge in [-0.3, -0.25) is 9.59 Å². The number of carbonyl (C=O) groups excluding carboxylic acids is 2. The number of hydrogen-bond donors (Lipinski definition) is 2. The van der Waals surface area contributed by atoms with Gasteiger partial charge < -0.3 is 10.6 Å². The highest BCUT2D eigenvalue weighted by Crippen LogP contribution is 2.38. The normalized spacial score (nSPS) is 16.6. The number of rotatable bonds is 3. The Bertz CT molecular complexity index is 721. The predicted molar refractivity (Wildman–Crippen MR) is 89.4 cm³/mol. The van der Waals surface area contributed by atoms with Gasteiger partial charge in [-0.1, -0.05) is 29.8 Å². The van der Waals surface area contributed by atoms with Gasteiger partial charge in [0.1, 0.15) is 0 Å². The number of nitrogens with one attached hydrogen (secondary N) is 2. The maximum atomic E-state index is 12.1. The first-order valence-corrected chi connectivity index (χ1v) is 7.99. The number of para-hydroxylation sites is 1. The van der Waals surface area contributed by atoms with Gasteiger partial charge in [0.25, 0.3) is 0 Å². The highest BCUT2D eigenvalue weighted by molar-refractivity contribution is 8.01. The molecule has 6 heteroatoms. The minimum absolute atomic E-state index is 0.119. The van der Waals surface area contributed by atoms with Gasteiger partial charge in [0.2, 0.25) is 11.8 Å². The van der Waals surface area contributed by atoms with Crippen molar-refractivity contribution in [1.82, 2.24) is 0 Å². The standard InChI is InChI=1S/C16H13ClN2O2S/c17-10-6-7-13-12(8-10)19-16(21)14(22-13)9-15(20)18-11-4-2-1-3-5-11/h1-8,14H,9H2,(H,18,20)(H,19,21). The molecule has 1 heterocycles. The van der Waals surface area contributed by atoms with Gasteiger partial charge in [0, 0.05) is 22.0 Å². The summed E-state index contributed by atoms with van der Waals surface area (Å²) in [5.41, 5.74) is 1.42. The molecule has 0 fully saturated rings. The van der Waals surface area contributed by atoms with Crippen LogP contribution in [0, 0.1) is 0 Å². The van der Waals surface area contributed by atoms with Gasteiger partial charge >= 0.3 is 0 Å². The zero-order chi connectivity index (χ0) is 15.5. The predicted octanol–water partition coefficient (Wildman–Crippen LogP) is 3.78. The molecule has 2 aromatic carbocycles. The third-order valence-electron chi connectivity index (χ3n) is 3.19. The molecule has 0 aromatic heterocycles. The molecule has 0 saturated heterocycles. The van der Waals surface area contributed by atoms with E-state index in [4.69, 9.17) is 11.6 Å². The smallest absolute Gasteiger partial charge is 0.238 e. The Kier molecular flexibility index (Phi) is 4.36. The van der Waals surface area contributed by atoms with Crippen molar-refractivity contribution < 1.29 is 9.59 Å². The maximum absolute atomic E-state index is 12.1. The maximum Gasteiger partial charge on any atom is 0.238 e. The molecule has 3 rings (SSSR count). The summed E-state index contributed by atoms with van der Waals surface area (Å²) in [4.78, 5) is 25.1. The highest BCUT2D eigenvalue weighted by atomic mass is 35.5. The SMILES string of the molecule is O=C(CC1Sc2ccc(Cl)cc2NC1=O)Nc1ccccc1. The third kappa shape index (κ3) is 3.43. The van der Waals surface area contributed by atoms with Crippen LogP contribution in [0.3, 0.4) is 0 Å². The number of thioether (sulfide) groups is 1. The van der Waals surface area contributed by atoms with E-state index in [0.29, 0.717) is 10.7 Å². The molecule has 22 heavy (non-hydrogen) atoms. The Balaban J connectivity index is 1.67. The van der Waals surface area contributed by atoms with Crippen molar-refractivity contribution in [3.05, 3.63) is 53.6 Å². The zero-order valence-electron chi connectivity index (χ0n) is 11.5. The van der Waals surface area contributed by atoms with Crippen LogP contribution in [0.2, 0.25) is 5.02 Å². The molecule has 1 aliphatic heterocycles. The zero-order valence-corrected chi connectivity index (χ0v) is 13.1. The van der Waals surface area contributed by atoms with Crippen LogP contribution in [-0.2, 0) is 9.59 Å². The largest absolute Gasteiger partial charge is 0.326 e. The van der Waals surface area contributed by atoms with Crippen molar-refractivity contribution in [1.29, 1.82) is 0 Å². The Labute approximate surface area is 137 Å². The van der Waals surface area contributed by atoms with E-state index in [1.807, 2.05) is 36.4 Å². The quantitative estimate of drug-likeness (QED) is 0.899. The monoisotopic (exact) mass is 332 g/mol. The van der Waals surface area contributed by atoms with Crippen LogP contribution >= 0.6 is 23.4 Å². The Morgan fingerprint density at radius 1 is 1.23 bits per heavy atom. The molecular formula is C16H13ClN2O2S. The summed E-state index contributed by atoms with van der Waals surface area (Å²) in [5.74, 6) is -0.362. The average molecular weight is 333 g/mol. The Hall–Kier alpha value is -1.98. The molecule has 1 unspecified atom stereocenters. The minimum atomic E-state index is -0.447. The summed E-state index contributed by atoms with van der Waals surface area (Å²) >= 11 is 7.29. The van der Waals surface area contributed by atoms with Crippen molar-refractivity contribution >= 4 is 46.6 Å². The molecule has 2 amide bonds. The van der Waals surface area contributed by atoms with Crippen LogP contribution in [0.1, 0.15) is 6.42 Å². The summed E-state index contributed by atoms with van der Waals surface area (Å²) < 4.78 is 0. The van der Waals surface area contributed by atoms with Crippen LogP contribution in [0.15, 0.2) is 53.4 Å². The fourth-order valence-corrected chi connectivity index (χ4v) is 3.42. The van der Waals surface area contributed by atoms with Crippen molar-refractivity contribution in [3.63, 3.8) is 0 Å². The number of benzene rings is 2. The van der Waals surface area contributed by atoms with E-state index in [0.717, 1.165) is 10.6 Å². The van der Waals surface area contributed by atoms with Crippen molar-refractivity contribution in [3.8, 4) is 0 Å². The lowest BCUT2D eigenvalue weighted by molar-refractivity contribution is -0.120. The molecule has 2 N–H and O–H groups in total. The number of carbonyl (C=O) groups is 2. The van der Waals surface area contributed by atoms with Crippen molar-refractivity contribution in [2.45, 2.75) is 16.6 Å². The molecule has 1 aliphatic rings. The Morgan fingerprint density at radius 2 is 2.00 bits per heavy atom. The second-order valence-electron chi connectivity index (χ2n) is 4.85. The van der Waals surface area contributed by atoms with Crippen LogP contribution in [0.4, 0.5) is 11.4 Å². The molecule has 0 bridgehead atoms. The van der Waals surface area contributed by atoms with Gasteiger partial charge in [0.05, 0.1) is 10.9 Å². The number of amides is 2. The van der Waals surface area contributed by atoms with E-state index in [-0.39, 0.29) is 18.2 Å².